The van der Waals surface area contributed by atoms with Crippen molar-refractivity contribution in [1.82, 2.24) is 4.98 Å². The first kappa shape index (κ1) is 19.4. The minimum Gasteiger partial charge on any atom is -0.494 e. The third kappa shape index (κ3) is 3.97. The number of hydrogen-bond acceptors (Lipinski definition) is 4. The Morgan fingerprint density at radius 2 is 1.79 bits per heavy atom. The molecule has 1 aromatic heterocycles. The first-order valence-corrected chi connectivity index (χ1v) is 10.3. The maximum Gasteiger partial charge on any atom is 0.260 e. The van der Waals surface area contributed by atoms with Crippen LogP contribution in [0, 0.1) is 6.92 Å². The van der Waals surface area contributed by atoms with Crippen LogP contribution < -0.4 is 9.64 Å². The van der Waals surface area contributed by atoms with Gasteiger partial charge in [-0.2, -0.15) is 0 Å². The van der Waals surface area contributed by atoms with E-state index in [0.717, 1.165) is 21.3 Å². The van der Waals surface area contributed by atoms with Gasteiger partial charge in [-0.1, -0.05) is 59.3 Å². The Hall–Kier alpha value is -2.89. The highest BCUT2D eigenvalue weighted by atomic mass is 35.5. The topological polar surface area (TPSA) is 42.4 Å². The van der Waals surface area contributed by atoms with Crippen LogP contribution in [0.2, 0.25) is 5.02 Å². The molecule has 4 nitrogen and oxygen atoms in total. The van der Waals surface area contributed by atoms with Gasteiger partial charge in [0.05, 0.1) is 18.4 Å². The van der Waals surface area contributed by atoms with E-state index in [2.05, 4.69) is 0 Å². The van der Waals surface area contributed by atoms with Crippen molar-refractivity contribution >= 4 is 44.2 Å². The number of ether oxygens (including phenoxy) is 1. The van der Waals surface area contributed by atoms with Crippen LogP contribution in [0.15, 0.2) is 66.7 Å². The van der Waals surface area contributed by atoms with Crippen molar-refractivity contribution in [2.24, 2.45) is 0 Å². The van der Waals surface area contributed by atoms with Crippen molar-refractivity contribution in [3.05, 3.63) is 88.4 Å². The minimum absolute atomic E-state index is 0.124. The highest BCUT2D eigenvalue weighted by Crippen LogP contribution is 2.37. The normalized spacial score (nSPS) is 10.9. The Bertz CT molecular complexity index is 1160. The second-order valence-electron chi connectivity index (χ2n) is 6.64. The number of rotatable bonds is 5. The standard InChI is InChI=1S/C23H19ClN2O2S/c1-15-8-13-19(28-2)20-21(15)29-23(25-20)26(14-16-6-4-3-5-7-16)22(27)17-9-11-18(24)12-10-17/h3-13H,14H2,1-2H3. The second kappa shape index (κ2) is 8.23. The molecule has 0 aliphatic heterocycles. The molecule has 0 bridgehead atoms. The maximum absolute atomic E-state index is 13.4. The summed E-state index contributed by atoms with van der Waals surface area (Å²) in [6.07, 6.45) is 0. The van der Waals surface area contributed by atoms with Crippen LogP contribution in [0.25, 0.3) is 10.2 Å². The maximum atomic E-state index is 13.4. The molecule has 3 aromatic carbocycles. The van der Waals surface area contributed by atoms with E-state index >= 15 is 0 Å². The van der Waals surface area contributed by atoms with Gasteiger partial charge in [0.15, 0.2) is 5.13 Å². The summed E-state index contributed by atoms with van der Waals surface area (Å²) in [6, 6.07) is 20.7. The molecule has 0 unspecified atom stereocenters. The van der Waals surface area contributed by atoms with Crippen LogP contribution in [0.1, 0.15) is 21.5 Å². The summed E-state index contributed by atoms with van der Waals surface area (Å²) in [5.41, 5.74) is 3.46. The Kier molecular flexibility index (Phi) is 5.51. The van der Waals surface area contributed by atoms with Crippen molar-refractivity contribution in [3.63, 3.8) is 0 Å². The molecule has 0 spiro atoms. The number of methoxy groups -OCH3 is 1. The first-order chi connectivity index (χ1) is 14.1. The molecule has 0 saturated heterocycles. The zero-order valence-electron chi connectivity index (χ0n) is 16.1. The quantitative estimate of drug-likeness (QED) is 0.389. The van der Waals surface area contributed by atoms with Crippen LogP contribution in [-0.2, 0) is 6.54 Å². The molecule has 0 radical (unpaired) electrons. The van der Waals surface area contributed by atoms with E-state index in [4.69, 9.17) is 21.3 Å². The SMILES string of the molecule is COc1ccc(C)c2sc(N(Cc3ccccc3)C(=O)c3ccc(Cl)cc3)nc12. The van der Waals surface area contributed by atoms with Gasteiger partial charge >= 0.3 is 0 Å². The van der Waals surface area contributed by atoms with E-state index in [1.807, 2.05) is 49.4 Å². The van der Waals surface area contributed by atoms with E-state index in [0.29, 0.717) is 28.0 Å². The minimum atomic E-state index is -0.124. The fourth-order valence-electron chi connectivity index (χ4n) is 3.12. The molecule has 146 valence electrons. The molecule has 0 saturated carbocycles. The number of fused-ring (bicyclic) bond motifs is 1. The number of amides is 1. The van der Waals surface area contributed by atoms with E-state index in [9.17, 15) is 4.79 Å². The Balaban J connectivity index is 1.81. The lowest BCUT2D eigenvalue weighted by molar-refractivity contribution is 0.0985. The van der Waals surface area contributed by atoms with Gasteiger partial charge < -0.3 is 4.74 Å². The van der Waals surface area contributed by atoms with Crippen molar-refractivity contribution in [2.45, 2.75) is 13.5 Å². The lowest BCUT2D eigenvalue weighted by Gasteiger charge is -2.20. The molecule has 0 fully saturated rings. The molecule has 0 atom stereocenters. The number of thiazole rings is 1. The zero-order chi connectivity index (χ0) is 20.4. The average molecular weight is 423 g/mol. The summed E-state index contributed by atoms with van der Waals surface area (Å²) in [5.74, 6) is 0.577. The Morgan fingerprint density at radius 3 is 2.48 bits per heavy atom. The third-order valence-electron chi connectivity index (χ3n) is 4.66. The third-order valence-corrected chi connectivity index (χ3v) is 6.13. The molecule has 0 aliphatic carbocycles. The molecule has 4 rings (SSSR count). The molecule has 4 aromatic rings. The predicted molar refractivity (Wildman–Crippen MR) is 119 cm³/mol. The van der Waals surface area contributed by atoms with E-state index in [1.165, 1.54) is 11.3 Å². The molecule has 29 heavy (non-hydrogen) atoms. The Morgan fingerprint density at radius 1 is 1.07 bits per heavy atom. The van der Waals surface area contributed by atoms with E-state index in [-0.39, 0.29) is 5.91 Å². The summed E-state index contributed by atoms with van der Waals surface area (Å²) in [4.78, 5) is 19.9. The first-order valence-electron chi connectivity index (χ1n) is 9.12. The lowest BCUT2D eigenvalue weighted by atomic mass is 10.1. The number of hydrogen-bond donors (Lipinski definition) is 0. The van der Waals surface area contributed by atoms with Crippen LogP contribution in [0.5, 0.6) is 5.75 Å². The number of nitrogens with zero attached hydrogens (tertiary/aromatic N) is 2. The summed E-state index contributed by atoms with van der Waals surface area (Å²) in [7, 11) is 1.63. The van der Waals surface area contributed by atoms with Gasteiger partial charge in [-0.3, -0.25) is 9.69 Å². The molecule has 6 heteroatoms. The predicted octanol–water partition coefficient (Wildman–Crippen LogP) is 6.11. The average Bonchev–Trinajstić information content (AvgIpc) is 3.19. The molecule has 1 amide bonds. The van der Waals surface area contributed by atoms with Crippen molar-refractivity contribution < 1.29 is 9.53 Å². The number of aromatic nitrogens is 1. The molecule has 0 N–H and O–H groups in total. The number of carbonyl (C=O) groups excluding carboxylic acids is 1. The molecular formula is C23H19ClN2O2S. The number of benzene rings is 3. The van der Waals surface area contributed by atoms with Gasteiger partial charge in [0, 0.05) is 10.6 Å². The summed E-state index contributed by atoms with van der Waals surface area (Å²) < 4.78 is 6.49. The van der Waals surface area contributed by atoms with Crippen LogP contribution in [-0.4, -0.2) is 18.0 Å². The monoisotopic (exact) mass is 422 g/mol. The molecule has 0 aliphatic rings. The number of halogens is 1. The summed E-state index contributed by atoms with van der Waals surface area (Å²) in [5, 5.41) is 1.23. The molecular weight excluding hydrogens is 404 g/mol. The lowest BCUT2D eigenvalue weighted by Crippen LogP contribution is -2.30. The number of aryl methyl sites for hydroxylation is 1. The number of anilines is 1. The van der Waals surface area contributed by atoms with Crippen molar-refractivity contribution in [2.75, 3.05) is 12.0 Å². The van der Waals surface area contributed by atoms with Crippen LogP contribution in [0.4, 0.5) is 5.13 Å². The zero-order valence-corrected chi connectivity index (χ0v) is 17.6. The van der Waals surface area contributed by atoms with Gasteiger partial charge in [-0.05, 0) is 48.4 Å². The summed E-state index contributed by atoms with van der Waals surface area (Å²) >= 11 is 7.49. The Labute approximate surface area is 178 Å². The fourth-order valence-corrected chi connectivity index (χ4v) is 4.29. The highest BCUT2D eigenvalue weighted by Gasteiger charge is 2.23. The van der Waals surface area contributed by atoms with Crippen LogP contribution >= 0.6 is 22.9 Å². The number of carbonyl (C=O) groups is 1. The van der Waals surface area contributed by atoms with Crippen molar-refractivity contribution in [1.29, 1.82) is 0 Å². The van der Waals surface area contributed by atoms with E-state index in [1.54, 1.807) is 36.3 Å². The second-order valence-corrected chi connectivity index (χ2v) is 8.06. The van der Waals surface area contributed by atoms with Crippen LogP contribution in [0.3, 0.4) is 0 Å². The smallest absolute Gasteiger partial charge is 0.260 e. The summed E-state index contributed by atoms with van der Waals surface area (Å²) in [6.45, 7) is 2.45. The van der Waals surface area contributed by atoms with Gasteiger partial charge in [-0.15, -0.1) is 0 Å². The van der Waals surface area contributed by atoms with Gasteiger partial charge in [0.2, 0.25) is 0 Å². The van der Waals surface area contributed by atoms with Gasteiger partial charge in [0.1, 0.15) is 11.3 Å². The largest absolute Gasteiger partial charge is 0.494 e. The fraction of sp³-hybridized carbons (Fsp3) is 0.130. The van der Waals surface area contributed by atoms with Crippen molar-refractivity contribution in [3.8, 4) is 5.75 Å². The van der Waals surface area contributed by atoms with E-state index < -0.39 is 0 Å². The highest BCUT2D eigenvalue weighted by molar-refractivity contribution is 7.22. The van der Waals surface area contributed by atoms with Gasteiger partial charge in [0.25, 0.3) is 5.91 Å². The van der Waals surface area contributed by atoms with Gasteiger partial charge in [-0.25, -0.2) is 4.98 Å². The molecule has 1 heterocycles.